The van der Waals surface area contributed by atoms with E-state index in [4.69, 9.17) is 4.98 Å². The molecule has 1 aromatic carbocycles. The SMILES string of the molecule is OCc1ccccc1Sc1cc2nc(c1)CN[C@@H]1CCCC[C@H]1NCCN[C@@H]1CCCC[C@H]1NC2. The topological polar surface area (TPSA) is 81.2 Å². The zero-order valence-corrected chi connectivity index (χ0v) is 21.6. The van der Waals surface area contributed by atoms with Crippen LogP contribution in [0.3, 0.4) is 0 Å². The second-order valence-electron chi connectivity index (χ2n) is 10.3. The van der Waals surface area contributed by atoms with Crippen LogP contribution in [0.15, 0.2) is 46.2 Å². The second kappa shape index (κ2) is 12.7. The van der Waals surface area contributed by atoms with E-state index < -0.39 is 0 Å². The number of rotatable bonds is 3. The lowest BCUT2D eigenvalue weighted by Crippen LogP contribution is -2.53. The highest BCUT2D eigenvalue weighted by molar-refractivity contribution is 7.99. The van der Waals surface area contributed by atoms with Crippen LogP contribution in [0.25, 0.3) is 0 Å². The maximum Gasteiger partial charge on any atom is 0.0692 e. The van der Waals surface area contributed by atoms with Gasteiger partial charge in [-0.25, -0.2) is 0 Å². The van der Waals surface area contributed by atoms with Gasteiger partial charge in [0.05, 0.1) is 18.0 Å². The Bertz CT molecular complexity index is 908. The Morgan fingerprint density at radius 2 is 1.26 bits per heavy atom. The molecule has 5 rings (SSSR count). The van der Waals surface area contributed by atoms with Gasteiger partial charge in [-0.2, -0.15) is 0 Å². The van der Waals surface area contributed by atoms with E-state index in [0.717, 1.165) is 48.0 Å². The first kappa shape index (κ1) is 25.2. The summed E-state index contributed by atoms with van der Waals surface area (Å²) in [6.07, 6.45) is 10.2. The first-order chi connectivity index (χ1) is 17.3. The Labute approximate surface area is 214 Å². The average Bonchev–Trinajstić information content (AvgIpc) is 2.90. The van der Waals surface area contributed by atoms with Gasteiger partial charge in [-0.05, 0) is 49.4 Å². The van der Waals surface area contributed by atoms with Crippen LogP contribution in [0, 0.1) is 0 Å². The van der Waals surface area contributed by atoms with Crippen molar-refractivity contribution >= 4 is 11.8 Å². The van der Waals surface area contributed by atoms with Crippen molar-refractivity contribution < 1.29 is 5.11 Å². The number of hydrogen-bond donors (Lipinski definition) is 5. The van der Waals surface area contributed by atoms with E-state index in [2.05, 4.69) is 39.5 Å². The number of aliphatic hydroxyl groups is 1. The van der Waals surface area contributed by atoms with Crippen LogP contribution >= 0.6 is 11.8 Å². The van der Waals surface area contributed by atoms with E-state index in [1.807, 2.05) is 18.2 Å². The number of aliphatic hydroxyl groups excluding tert-OH is 1. The molecule has 0 radical (unpaired) electrons. The lowest BCUT2D eigenvalue weighted by Gasteiger charge is -2.34. The Morgan fingerprint density at radius 3 is 1.80 bits per heavy atom. The Hall–Kier alpha value is -1.48. The minimum absolute atomic E-state index is 0.0587. The summed E-state index contributed by atoms with van der Waals surface area (Å²) >= 11 is 1.73. The smallest absolute Gasteiger partial charge is 0.0692 e. The molecule has 2 saturated carbocycles. The van der Waals surface area contributed by atoms with Gasteiger partial charge in [0.15, 0.2) is 0 Å². The normalized spacial score (nSPS) is 28.3. The molecule has 0 unspecified atom stereocenters. The summed E-state index contributed by atoms with van der Waals surface area (Å²) in [6.45, 7) is 3.70. The Morgan fingerprint density at radius 1 is 0.743 bits per heavy atom. The molecule has 1 aromatic heterocycles. The highest BCUT2D eigenvalue weighted by Gasteiger charge is 2.27. The zero-order chi connectivity index (χ0) is 23.9. The molecule has 0 spiro atoms. The molecule has 5 N–H and O–H groups in total. The molecule has 35 heavy (non-hydrogen) atoms. The van der Waals surface area contributed by atoms with Gasteiger partial charge in [-0.1, -0.05) is 55.6 Å². The summed E-state index contributed by atoms with van der Waals surface area (Å²) < 4.78 is 0. The predicted octanol–water partition coefficient (Wildman–Crippen LogP) is 3.72. The van der Waals surface area contributed by atoms with Crippen LogP contribution in [-0.4, -0.2) is 47.3 Å². The monoisotopic (exact) mass is 495 g/mol. The van der Waals surface area contributed by atoms with Crippen LogP contribution in [0.4, 0.5) is 0 Å². The van der Waals surface area contributed by atoms with E-state index in [0.29, 0.717) is 24.2 Å². The van der Waals surface area contributed by atoms with Crippen LogP contribution < -0.4 is 21.3 Å². The molecule has 0 amide bonds. The standard InChI is InChI=1S/C28H41N5OS/c34-19-20-7-1-6-12-28(20)35-23-15-21-17-31-26-10-4-2-8-24(26)29-13-14-30-25-9-3-5-11-27(25)32-18-22(16-23)33-21/h1,6-7,12,15-16,24-27,29-32,34H,2-5,8-11,13-14,17-19H2/t24-,25-,26-,27-/m1/s1. The van der Waals surface area contributed by atoms with Gasteiger partial charge in [0, 0.05) is 60.1 Å². The summed E-state index contributed by atoms with van der Waals surface area (Å²) in [5, 5.41) is 25.2. The predicted molar refractivity (Wildman–Crippen MR) is 142 cm³/mol. The molecule has 2 aromatic rings. The molecule has 190 valence electrons. The molecular formula is C28H41N5OS. The maximum absolute atomic E-state index is 9.81. The van der Waals surface area contributed by atoms with Crippen molar-refractivity contribution in [3.05, 3.63) is 53.3 Å². The number of hydrogen-bond acceptors (Lipinski definition) is 7. The minimum atomic E-state index is 0.0587. The Balaban J connectivity index is 1.40. The van der Waals surface area contributed by atoms with Gasteiger partial charge < -0.3 is 26.4 Å². The van der Waals surface area contributed by atoms with E-state index in [-0.39, 0.29) is 6.61 Å². The van der Waals surface area contributed by atoms with Crippen molar-refractivity contribution in [2.24, 2.45) is 0 Å². The molecule has 4 atom stereocenters. The lowest BCUT2D eigenvalue weighted by atomic mass is 9.89. The summed E-state index contributed by atoms with van der Waals surface area (Å²) in [5.74, 6) is 0. The fourth-order valence-electron chi connectivity index (χ4n) is 5.95. The second-order valence-corrected chi connectivity index (χ2v) is 11.4. The summed E-state index contributed by atoms with van der Waals surface area (Å²) in [7, 11) is 0. The minimum Gasteiger partial charge on any atom is -0.392 e. The highest BCUT2D eigenvalue weighted by atomic mass is 32.2. The molecule has 2 aliphatic carbocycles. The van der Waals surface area contributed by atoms with Gasteiger partial charge in [0.1, 0.15) is 0 Å². The summed E-state index contributed by atoms with van der Waals surface area (Å²) in [5.41, 5.74) is 3.18. The van der Waals surface area contributed by atoms with Crippen molar-refractivity contribution in [1.29, 1.82) is 0 Å². The number of nitrogens with zero attached hydrogens (tertiary/aromatic N) is 1. The third-order valence-corrected chi connectivity index (χ3v) is 8.93. The van der Waals surface area contributed by atoms with Crippen molar-refractivity contribution in [2.45, 2.75) is 105 Å². The van der Waals surface area contributed by atoms with Crippen molar-refractivity contribution in [2.75, 3.05) is 13.1 Å². The van der Waals surface area contributed by atoms with Crippen molar-refractivity contribution in [3.63, 3.8) is 0 Å². The van der Waals surface area contributed by atoms with Crippen molar-refractivity contribution in [1.82, 2.24) is 26.3 Å². The molecule has 3 aliphatic rings. The summed E-state index contributed by atoms with van der Waals surface area (Å²) in [4.78, 5) is 7.37. The largest absolute Gasteiger partial charge is 0.392 e. The van der Waals surface area contributed by atoms with Crippen molar-refractivity contribution in [3.8, 4) is 0 Å². The number of nitrogens with one attached hydrogen (secondary N) is 4. The van der Waals surface area contributed by atoms with Crippen LogP contribution in [-0.2, 0) is 19.7 Å². The van der Waals surface area contributed by atoms with E-state index >= 15 is 0 Å². The van der Waals surface area contributed by atoms with Gasteiger partial charge in [-0.3, -0.25) is 4.98 Å². The fraction of sp³-hybridized carbons (Fsp3) is 0.607. The Kier molecular flexibility index (Phi) is 9.11. The quantitative estimate of drug-likeness (QED) is 0.444. The molecule has 2 fully saturated rings. The van der Waals surface area contributed by atoms with Crippen LogP contribution in [0.1, 0.15) is 68.3 Å². The molecule has 0 saturated heterocycles. The molecule has 6 nitrogen and oxygen atoms in total. The molecular weight excluding hydrogens is 454 g/mol. The molecule has 2 heterocycles. The maximum atomic E-state index is 9.81. The van der Waals surface area contributed by atoms with Gasteiger partial charge in [0.2, 0.25) is 0 Å². The van der Waals surface area contributed by atoms with Crippen LogP contribution in [0.2, 0.25) is 0 Å². The number of aromatic nitrogens is 1. The van der Waals surface area contributed by atoms with Gasteiger partial charge in [-0.15, -0.1) is 0 Å². The third kappa shape index (κ3) is 6.85. The molecule has 2 bridgehead atoms. The van der Waals surface area contributed by atoms with Gasteiger partial charge in [0.25, 0.3) is 0 Å². The lowest BCUT2D eigenvalue weighted by molar-refractivity contribution is 0.266. The first-order valence-electron chi connectivity index (χ1n) is 13.6. The zero-order valence-electron chi connectivity index (χ0n) is 20.8. The third-order valence-electron chi connectivity index (χ3n) is 7.84. The molecule has 1 aliphatic heterocycles. The van der Waals surface area contributed by atoms with E-state index in [9.17, 15) is 5.11 Å². The van der Waals surface area contributed by atoms with Crippen LogP contribution in [0.5, 0.6) is 0 Å². The molecule has 7 heteroatoms. The highest BCUT2D eigenvalue weighted by Crippen LogP contribution is 2.32. The number of benzene rings is 1. The summed E-state index contributed by atoms with van der Waals surface area (Å²) in [6, 6.07) is 14.6. The van der Waals surface area contributed by atoms with Gasteiger partial charge >= 0.3 is 0 Å². The van der Waals surface area contributed by atoms with E-state index in [1.54, 1.807) is 11.8 Å². The first-order valence-corrected chi connectivity index (χ1v) is 14.4. The fourth-order valence-corrected chi connectivity index (χ4v) is 7.00. The number of pyridine rings is 1. The number of fused-ring (bicyclic) bond motifs is 4. The average molecular weight is 496 g/mol. The van der Waals surface area contributed by atoms with E-state index in [1.165, 1.54) is 56.3 Å².